The molecule has 0 heterocycles. The fraction of sp³-hybridized carbons (Fsp3) is 0.250. The first-order chi connectivity index (χ1) is 13.7. The van der Waals surface area contributed by atoms with Crippen LogP contribution < -0.4 is 0 Å². The number of halogens is 1. The molecule has 0 fully saturated rings. The molecule has 0 saturated heterocycles. The van der Waals surface area contributed by atoms with E-state index in [0.717, 1.165) is 11.1 Å². The number of alkyl halides is 1. The van der Waals surface area contributed by atoms with Crippen molar-refractivity contribution in [3.05, 3.63) is 59.7 Å². The summed E-state index contributed by atoms with van der Waals surface area (Å²) in [7, 11) is -11.4. The molecule has 2 rings (SSSR count). The van der Waals surface area contributed by atoms with Crippen molar-refractivity contribution < 1.29 is 56.2 Å². The van der Waals surface area contributed by atoms with Crippen molar-refractivity contribution >= 4 is 42.8 Å². The first kappa shape index (κ1) is 17.8. The van der Waals surface area contributed by atoms with E-state index in [-0.39, 0.29) is 32.2 Å². The standard InChI is InChI=1S/C8H10O3S.C7H8O3S.CH3I.Ag/c1-7-3-5-8(6-4-7)12(9,10)11-2;1-6-2-4-7(5-3-6)11(8,9)10;1-2;/h3-6H,1-2H3;2-5H,1H3,(H,8,9,10);1H3;/q;;;+1/p-1/i2T3;;1T3;. The average molecular weight is 619 g/mol. The van der Waals surface area contributed by atoms with Crippen LogP contribution in [-0.4, -0.2) is 33.3 Å². The predicted octanol–water partition coefficient (Wildman–Crippen LogP) is 3.28. The van der Waals surface area contributed by atoms with Crippen LogP contribution >= 0.6 is 22.6 Å². The zero-order chi connectivity index (χ0) is 24.7. The van der Waals surface area contributed by atoms with Crippen LogP contribution in [0, 0.1) is 13.8 Å². The summed E-state index contributed by atoms with van der Waals surface area (Å²) < 4.78 is 96.8. The number of hydrogen-bond donors (Lipinski definition) is 0. The van der Waals surface area contributed by atoms with Crippen molar-refractivity contribution in [1.29, 1.82) is 0 Å². The number of hydrogen-bond acceptors (Lipinski definition) is 6. The van der Waals surface area contributed by atoms with Crippen LogP contribution in [-0.2, 0) is 46.8 Å². The summed E-state index contributed by atoms with van der Waals surface area (Å²) in [5.74, 6) is 0. The summed E-state index contributed by atoms with van der Waals surface area (Å²) in [6.45, 7) is 3.61. The molecule has 10 heteroatoms. The topological polar surface area (TPSA) is 101 Å². The quantitative estimate of drug-likeness (QED) is 0.172. The fourth-order valence-electron chi connectivity index (χ4n) is 1.46. The molecule has 0 aliphatic rings. The maximum Gasteiger partial charge on any atom is 1.00 e. The Bertz CT molecular complexity index is 1030. The zero-order valence-corrected chi connectivity index (χ0v) is 18.8. The molecular weight excluding hydrogens is 587 g/mol. The third kappa shape index (κ3) is 10.2. The molecule has 2 aromatic carbocycles. The van der Waals surface area contributed by atoms with E-state index in [4.69, 9.17) is 8.22 Å². The van der Waals surface area contributed by atoms with E-state index in [1.807, 2.05) is 6.92 Å². The average Bonchev–Trinajstić information content (AvgIpc) is 2.51. The molecule has 0 aliphatic heterocycles. The molecule has 0 unspecified atom stereocenters. The molecule has 0 atom stereocenters. The molecule has 0 amide bonds. The molecule has 0 spiro atoms. The van der Waals surface area contributed by atoms with Crippen LogP contribution in [0.5, 0.6) is 0 Å². The van der Waals surface area contributed by atoms with Crippen molar-refractivity contribution in [2.75, 3.05) is 11.9 Å². The molecule has 0 radical (unpaired) electrons. The second-order valence-electron chi connectivity index (χ2n) is 4.62. The zero-order valence-electron chi connectivity index (χ0n) is 19.6. The van der Waals surface area contributed by atoms with Gasteiger partial charge >= 0.3 is 22.4 Å². The molecule has 0 N–H and O–H groups in total. The van der Waals surface area contributed by atoms with Crippen LogP contribution in [0.25, 0.3) is 0 Å². The SMILES string of the molecule is Cc1ccc(S(=O)(=O)[O-])cc1.[3H]C([3H])([3H])I.[3H]C([3H])([3H])OS(=O)(=O)c1ccc(C)cc1.[Ag+]. The van der Waals surface area contributed by atoms with Crippen LogP contribution in [0.2, 0.25) is 0 Å². The first-order valence-corrected chi connectivity index (χ1v) is 10.3. The normalized spacial score (nSPS) is 14.8. The van der Waals surface area contributed by atoms with Crippen molar-refractivity contribution in [1.82, 2.24) is 0 Å². The molecule has 0 bridgehead atoms. The Morgan fingerprint density at radius 3 is 1.54 bits per heavy atom. The molecule has 0 aliphatic carbocycles. The Labute approximate surface area is 193 Å². The minimum atomic E-state index is -4.27. The second-order valence-corrected chi connectivity index (χ2v) is 7.54. The monoisotopic (exact) mass is 618 g/mol. The molecule has 150 valence electrons. The van der Waals surface area contributed by atoms with Crippen molar-refractivity contribution in [3.63, 3.8) is 0 Å². The molecule has 0 aromatic heterocycles. The van der Waals surface area contributed by atoms with Crippen LogP contribution in [0.4, 0.5) is 0 Å². The summed E-state index contributed by atoms with van der Waals surface area (Å²) in [6.07, 6.45) is 0. The third-order valence-electron chi connectivity index (χ3n) is 2.73. The van der Waals surface area contributed by atoms with Gasteiger partial charge < -0.3 is 4.55 Å². The molecule has 26 heavy (non-hydrogen) atoms. The van der Waals surface area contributed by atoms with Gasteiger partial charge in [-0.3, -0.25) is 4.18 Å². The van der Waals surface area contributed by atoms with Gasteiger partial charge in [-0.1, -0.05) is 58.0 Å². The van der Waals surface area contributed by atoms with E-state index in [1.54, 1.807) is 31.2 Å². The number of benzene rings is 2. The Hall–Kier alpha value is -0.270. The van der Waals surface area contributed by atoms with Gasteiger partial charge in [-0.25, -0.2) is 8.42 Å². The van der Waals surface area contributed by atoms with Gasteiger partial charge in [0.1, 0.15) is 10.1 Å². The number of rotatable bonds is 3. The van der Waals surface area contributed by atoms with E-state index >= 15 is 0 Å². The van der Waals surface area contributed by atoms with Crippen molar-refractivity contribution in [2.45, 2.75) is 23.6 Å². The van der Waals surface area contributed by atoms with Gasteiger partial charge in [-0.15, -0.1) is 0 Å². The third-order valence-corrected chi connectivity index (χ3v) is 4.65. The van der Waals surface area contributed by atoms with E-state index < -0.39 is 32.1 Å². The van der Waals surface area contributed by atoms with E-state index in [2.05, 4.69) is 4.18 Å². The summed E-state index contributed by atoms with van der Waals surface area (Å²) in [4.78, 5) is -2.12. The molecule has 0 saturated carbocycles. The van der Waals surface area contributed by atoms with Crippen molar-refractivity contribution in [2.24, 2.45) is 0 Å². The van der Waals surface area contributed by atoms with Crippen molar-refractivity contribution in [3.8, 4) is 0 Å². The summed E-state index contributed by atoms with van der Waals surface area (Å²) >= 11 is 1.38. The fourth-order valence-corrected chi connectivity index (χ4v) is 2.49. The molecule has 6 nitrogen and oxygen atoms in total. The van der Waals surface area contributed by atoms with Gasteiger partial charge in [0.2, 0.25) is 0 Å². The summed E-state index contributed by atoms with van der Waals surface area (Å²) in [6, 6.07) is 11.5. The largest absolute Gasteiger partial charge is 1.00 e. The van der Waals surface area contributed by atoms with Crippen LogP contribution in [0.3, 0.4) is 0 Å². The van der Waals surface area contributed by atoms with Gasteiger partial charge in [0.15, 0.2) is 0 Å². The van der Waals surface area contributed by atoms with E-state index in [1.165, 1.54) is 46.9 Å². The van der Waals surface area contributed by atoms with Gasteiger partial charge in [0.05, 0.1) is 20.9 Å². The van der Waals surface area contributed by atoms with Gasteiger partial charge in [-0.2, -0.15) is 8.42 Å². The minimum Gasteiger partial charge on any atom is -0.744 e. The van der Waals surface area contributed by atoms with Gasteiger partial charge in [-0.05, 0) is 43.0 Å². The first-order valence-electron chi connectivity index (χ1n) is 9.44. The predicted molar refractivity (Wildman–Crippen MR) is 104 cm³/mol. The molecule has 2 aromatic rings. The van der Waals surface area contributed by atoms with Crippen LogP contribution in [0.1, 0.15) is 19.4 Å². The maximum atomic E-state index is 11.4. The Kier molecular flexibility index (Phi) is 8.90. The van der Waals surface area contributed by atoms with Crippen LogP contribution in [0.15, 0.2) is 58.3 Å². The van der Waals surface area contributed by atoms with Gasteiger partial charge in [0, 0.05) is 4.11 Å². The Morgan fingerprint density at radius 1 is 0.885 bits per heavy atom. The number of aryl methyl sites for hydroxylation is 2. The minimum absolute atomic E-state index is 0. The Balaban J connectivity index is 0. The summed E-state index contributed by atoms with van der Waals surface area (Å²) in [5, 5.41) is 0. The molecular formula is C16H20AgIO6S2. The Morgan fingerprint density at radius 2 is 1.23 bits per heavy atom. The smallest absolute Gasteiger partial charge is 0.744 e. The van der Waals surface area contributed by atoms with E-state index in [0.29, 0.717) is 0 Å². The van der Waals surface area contributed by atoms with E-state index in [9.17, 15) is 21.4 Å². The summed E-state index contributed by atoms with van der Waals surface area (Å²) in [5.41, 5.74) is 1.81. The second kappa shape index (κ2) is 13.0. The maximum absolute atomic E-state index is 11.4. The van der Waals surface area contributed by atoms with Gasteiger partial charge in [0.25, 0.3) is 10.1 Å².